The molecular formula is C13H15N3O4. The number of benzene rings is 1. The van der Waals surface area contributed by atoms with Crippen molar-refractivity contribution in [3.05, 3.63) is 33.9 Å². The Hall–Kier alpha value is -2.62. The Morgan fingerprint density at radius 2 is 2.25 bits per heavy atom. The van der Waals surface area contributed by atoms with Gasteiger partial charge in [0, 0.05) is 18.7 Å². The standard InChI is InChI=1S/C13H15N3O4/c1-3-15(9(2)6-13(17)18)11-5-4-10(8-14)7-12(11)16(19)20/h4-5,7,9H,3,6H2,1-2H3,(H,17,18). The van der Waals surface area contributed by atoms with Crippen molar-refractivity contribution in [3.8, 4) is 6.07 Å². The van der Waals surface area contributed by atoms with Crippen molar-refractivity contribution in [1.29, 1.82) is 5.26 Å². The molecule has 106 valence electrons. The fourth-order valence-corrected chi connectivity index (χ4v) is 2.06. The van der Waals surface area contributed by atoms with Gasteiger partial charge in [-0.3, -0.25) is 14.9 Å². The first kappa shape index (κ1) is 15.4. The maximum atomic E-state index is 11.1. The average Bonchev–Trinajstić information content (AvgIpc) is 2.38. The van der Waals surface area contributed by atoms with E-state index in [1.165, 1.54) is 18.2 Å². The van der Waals surface area contributed by atoms with Gasteiger partial charge in [0.25, 0.3) is 5.69 Å². The number of nitrogens with zero attached hydrogens (tertiary/aromatic N) is 3. The van der Waals surface area contributed by atoms with Crippen LogP contribution < -0.4 is 4.90 Å². The number of rotatable bonds is 6. The summed E-state index contributed by atoms with van der Waals surface area (Å²) in [6.07, 6.45) is -0.120. The number of nitro groups is 1. The van der Waals surface area contributed by atoms with Gasteiger partial charge in [-0.05, 0) is 26.0 Å². The van der Waals surface area contributed by atoms with E-state index in [9.17, 15) is 14.9 Å². The van der Waals surface area contributed by atoms with Crippen LogP contribution in [0.4, 0.5) is 11.4 Å². The Morgan fingerprint density at radius 1 is 1.60 bits per heavy atom. The molecule has 0 fully saturated rings. The van der Waals surface area contributed by atoms with Gasteiger partial charge in [-0.2, -0.15) is 5.26 Å². The fraction of sp³-hybridized carbons (Fsp3) is 0.385. The second-order valence-electron chi connectivity index (χ2n) is 4.31. The normalized spacial score (nSPS) is 11.4. The summed E-state index contributed by atoms with van der Waals surface area (Å²) < 4.78 is 0. The molecule has 0 aliphatic carbocycles. The second kappa shape index (κ2) is 6.52. The van der Waals surface area contributed by atoms with E-state index in [0.717, 1.165) is 0 Å². The van der Waals surface area contributed by atoms with Crippen LogP contribution in [0.1, 0.15) is 25.8 Å². The molecule has 0 saturated heterocycles. The molecule has 20 heavy (non-hydrogen) atoms. The molecular weight excluding hydrogens is 262 g/mol. The summed E-state index contributed by atoms with van der Waals surface area (Å²) in [5, 5.41) is 28.7. The van der Waals surface area contributed by atoms with Crippen LogP contribution in [0.5, 0.6) is 0 Å². The summed E-state index contributed by atoms with van der Waals surface area (Å²) >= 11 is 0. The number of nitro benzene ring substituents is 1. The summed E-state index contributed by atoms with van der Waals surface area (Å²) in [5.74, 6) is -0.966. The average molecular weight is 277 g/mol. The largest absolute Gasteiger partial charge is 0.481 e. The minimum Gasteiger partial charge on any atom is -0.481 e. The van der Waals surface area contributed by atoms with Gasteiger partial charge in [0.2, 0.25) is 0 Å². The van der Waals surface area contributed by atoms with E-state index in [1.54, 1.807) is 18.7 Å². The topological polar surface area (TPSA) is 107 Å². The summed E-state index contributed by atoms with van der Waals surface area (Å²) in [5.41, 5.74) is 0.329. The molecule has 0 aromatic heterocycles. The molecule has 0 bridgehead atoms. The van der Waals surface area contributed by atoms with E-state index in [-0.39, 0.29) is 23.7 Å². The Bertz CT molecular complexity index is 565. The molecule has 0 aliphatic heterocycles. The highest BCUT2D eigenvalue weighted by atomic mass is 16.6. The highest BCUT2D eigenvalue weighted by molar-refractivity contribution is 5.70. The molecule has 1 aromatic rings. The Morgan fingerprint density at radius 3 is 2.70 bits per heavy atom. The summed E-state index contributed by atoms with van der Waals surface area (Å²) in [6, 6.07) is 5.63. The van der Waals surface area contributed by atoms with Crippen LogP contribution in [0.3, 0.4) is 0 Å². The lowest BCUT2D eigenvalue weighted by molar-refractivity contribution is -0.384. The molecule has 7 heteroatoms. The lowest BCUT2D eigenvalue weighted by Crippen LogP contribution is -2.35. The molecule has 0 heterocycles. The van der Waals surface area contributed by atoms with Gasteiger partial charge in [-0.1, -0.05) is 0 Å². The van der Waals surface area contributed by atoms with Crippen molar-refractivity contribution in [2.24, 2.45) is 0 Å². The van der Waals surface area contributed by atoms with Crippen molar-refractivity contribution in [3.63, 3.8) is 0 Å². The smallest absolute Gasteiger partial charge is 0.305 e. The van der Waals surface area contributed by atoms with Crippen molar-refractivity contribution in [1.82, 2.24) is 0 Å². The monoisotopic (exact) mass is 277 g/mol. The van der Waals surface area contributed by atoms with Crippen molar-refractivity contribution < 1.29 is 14.8 Å². The SMILES string of the molecule is CCN(c1ccc(C#N)cc1[N+](=O)[O-])C(C)CC(=O)O. The maximum absolute atomic E-state index is 11.1. The predicted octanol–water partition coefficient (Wildman–Crippen LogP) is 2.16. The van der Waals surface area contributed by atoms with E-state index in [2.05, 4.69) is 0 Å². The van der Waals surface area contributed by atoms with Gasteiger partial charge in [-0.15, -0.1) is 0 Å². The number of anilines is 1. The first-order valence-electron chi connectivity index (χ1n) is 6.07. The minimum atomic E-state index is -0.966. The van der Waals surface area contributed by atoms with Crippen molar-refractivity contribution in [2.45, 2.75) is 26.3 Å². The van der Waals surface area contributed by atoms with Crippen LogP contribution in [-0.4, -0.2) is 28.6 Å². The van der Waals surface area contributed by atoms with E-state index < -0.39 is 10.9 Å². The Balaban J connectivity index is 3.24. The third-order valence-electron chi connectivity index (χ3n) is 2.95. The zero-order valence-electron chi connectivity index (χ0n) is 11.2. The Kier molecular flexibility index (Phi) is 5.03. The third kappa shape index (κ3) is 3.45. The minimum absolute atomic E-state index is 0.120. The molecule has 0 amide bonds. The molecule has 1 aromatic carbocycles. The van der Waals surface area contributed by atoms with Crippen LogP contribution in [0.25, 0.3) is 0 Å². The van der Waals surface area contributed by atoms with E-state index >= 15 is 0 Å². The fourth-order valence-electron chi connectivity index (χ4n) is 2.06. The number of carboxylic acids is 1. The first-order chi connectivity index (χ1) is 9.40. The number of hydrogen-bond acceptors (Lipinski definition) is 5. The lowest BCUT2D eigenvalue weighted by atomic mass is 10.1. The van der Waals surface area contributed by atoms with Crippen LogP contribution in [0.15, 0.2) is 18.2 Å². The quantitative estimate of drug-likeness (QED) is 0.630. The summed E-state index contributed by atoms with van der Waals surface area (Å²) in [6.45, 7) is 3.92. The van der Waals surface area contributed by atoms with Crippen molar-refractivity contribution in [2.75, 3.05) is 11.4 Å². The number of carbonyl (C=O) groups is 1. The zero-order chi connectivity index (χ0) is 15.3. The van der Waals surface area contributed by atoms with Crippen LogP contribution >= 0.6 is 0 Å². The van der Waals surface area contributed by atoms with E-state index in [1.807, 2.05) is 6.07 Å². The highest BCUT2D eigenvalue weighted by Gasteiger charge is 2.24. The third-order valence-corrected chi connectivity index (χ3v) is 2.95. The van der Waals surface area contributed by atoms with Gasteiger partial charge in [0.15, 0.2) is 0 Å². The van der Waals surface area contributed by atoms with Gasteiger partial charge in [-0.25, -0.2) is 0 Å². The molecule has 1 N–H and O–H groups in total. The summed E-state index contributed by atoms with van der Waals surface area (Å²) in [7, 11) is 0. The Labute approximate surface area is 116 Å². The van der Waals surface area contributed by atoms with Crippen molar-refractivity contribution >= 4 is 17.3 Å². The van der Waals surface area contributed by atoms with Crippen LogP contribution in [-0.2, 0) is 4.79 Å². The molecule has 0 radical (unpaired) electrons. The summed E-state index contributed by atoms with van der Waals surface area (Å²) in [4.78, 5) is 23.0. The number of carboxylic acid groups (broad SMARTS) is 1. The molecule has 0 spiro atoms. The molecule has 1 rings (SSSR count). The number of hydrogen-bond donors (Lipinski definition) is 1. The number of nitriles is 1. The van der Waals surface area contributed by atoms with Gasteiger partial charge in [0.05, 0.1) is 23.0 Å². The molecule has 0 aliphatic rings. The molecule has 1 atom stereocenters. The molecule has 7 nitrogen and oxygen atoms in total. The first-order valence-corrected chi connectivity index (χ1v) is 6.07. The maximum Gasteiger partial charge on any atom is 0.305 e. The van der Waals surface area contributed by atoms with E-state index in [4.69, 9.17) is 10.4 Å². The van der Waals surface area contributed by atoms with E-state index in [0.29, 0.717) is 12.2 Å². The second-order valence-corrected chi connectivity index (χ2v) is 4.31. The van der Waals surface area contributed by atoms with Crippen LogP contribution in [0, 0.1) is 21.4 Å². The molecule has 1 unspecified atom stereocenters. The zero-order valence-corrected chi connectivity index (χ0v) is 11.2. The molecule has 0 saturated carbocycles. The lowest BCUT2D eigenvalue weighted by Gasteiger charge is -2.28. The van der Waals surface area contributed by atoms with Gasteiger partial charge >= 0.3 is 5.97 Å². The van der Waals surface area contributed by atoms with Crippen LogP contribution in [0.2, 0.25) is 0 Å². The van der Waals surface area contributed by atoms with Gasteiger partial charge in [0.1, 0.15) is 5.69 Å². The highest BCUT2D eigenvalue weighted by Crippen LogP contribution is 2.30. The van der Waals surface area contributed by atoms with Gasteiger partial charge < -0.3 is 10.0 Å². The number of aliphatic carboxylic acids is 1. The predicted molar refractivity (Wildman–Crippen MR) is 72.5 cm³/mol.